The van der Waals surface area contributed by atoms with E-state index in [1.807, 2.05) is 0 Å². The molecule has 2 atom stereocenters. The molecule has 0 fully saturated rings. The predicted octanol–water partition coefficient (Wildman–Crippen LogP) is 5.48. The molecular formula is C17H29P. The summed E-state index contributed by atoms with van der Waals surface area (Å²) in [5, 5.41) is 1.61. The molecular weight excluding hydrogens is 235 g/mol. The van der Waals surface area contributed by atoms with Gasteiger partial charge < -0.3 is 0 Å². The highest BCUT2D eigenvalue weighted by Crippen LogP contribution is 2.48. The Labute approximate surface area is 115 Å². The van der Waals surface area contributed by atoms with Gasteiger partial charge in [-0.25, -0.2) is 0 Å². The molecule has 0 bridgehead atoms. The van der Waals surface area contributed by atoms with Crippen LogP contribution in [0.1, 0.15) is 58.9 Å². The molecule has 102 valence electrons. The van der Waals surface area contributed by atoms with Crippen molar-refractivity contribution < 1.29 is 0 Å². The van der Waals surface area contributed by atoms with Gasteiger partial charge in [-0.3, -0.25) is 0 Å². The average Bonchev–Trinajstić information content (AvgIpc) is 2.33. The molecule has 1 aromatic carbocycles. The lowest BCUT2D eigenvalue weighted by molar-refractivity contribution is 0.741. The summed E-state index contributed by atoms with van der Waals surface area (Å²) in [4.78, 5) is 0. The van der Waals surface area contributed by atoms with E-state index < -0.39 is 0 Å². The van der Waals surface area contributed by atoms with Crippen LogP contribution in [-0.4, -0.2) is 11.3 Å². The molecule has 0 saturated carbocycles. The quantitative estimate of drug-likeness (QED) is 0.572. The molecule has 0 amide bonds. The van der Waals surface area contributed by atoms with Gasteiger partial charge in [0.15, 0.2) is 0 Å². The molecule has 0 aliphatic rings. The van der Waals surface area contributed by atoms with E-state index in [0.717, 1.165) is 11.3 Å². The highest BCUT2D eigenvalue weighted by molar-refractivity contribution is 7.66. The van der Waals surface area contributed by atoms with Gasteiger partial charge in [-0.2, -0.15) is 0 Å². The zero-order valence-corrected chi connectivity index (χ0v) is 13.6. The molecule has 18 heavy (non-hydrogen) atoms. The first kappa shape index (κ1) is 15.7. The van der Waals surface area contributed by atoms with Crippen LogP contribution in [0.3, 0.4) is 0 Å². The minimum atomic E-state index is -0.00236. The van der Waals surface area contributed by atoms with Crippen LogP contribution in [0.15, 0.2) is 24.3 Å². The maximum atomic E-state index is 2.46. The third-order valence-corrected chi connectivity index (χ3v) is 7.01. The molecule has 1 rings (SSSR count). The van der Waals surface area contributed by atoms with Crippen molar-refractivity contribution in [3.05, 3.63) is 29.8 Å². The summed E-state index contributed by atoms with van der Waals surface area (Å²) in [6, 6.07) is 9.31. The normalized spacial score (nSPS) is 16.3. The fraction of sp³-hybridized carbons (Fsp3) is 0.647. The molecule has 0 saturated heterocycles. The Morgan fingerprint density at radius 3 is 1.72 bits per heavy atom. The van der Waals surface area contributed by atoms with Crippen LogP contribution in [0.25, 0.3) is 0 Å². The van der Waals surface area contributed by atoms with Gasteiger partial charge in [0.25, 0.3) is 0 Å². The van der Waals surface area contributed by atoms with Crippen molar-refractivity contribution in [1.82, 2.24) is 0 Å². The summed E-state index contributed by atoms with van der Waals surface area (Å²) < 4.78 is 0. The third-order valence-electron chi connectivity index (χ3n) is 3.69. The third kappa shape index (κ3) is 4.39. The maximum absolute atomic E-state index is 2.46. The lowest BCUT2D eigenvalue weighted by Crippen LogP contribution is -2.19. The van der Waals surface area contributed by atoms with Gasteiger partial charge in [-0.15, -0.1) is 0 Å². The number of aryl methyl sites for hydroxylation is 1. The fourth-order valence-corrected chi connectivity index (χ4v) is 6.23. The van der Waals surface area contributed by atoms with Crippen molar-refractivity contribution in [2.24, 2.45) is 0 Å². The predicted molar refractivity (Wildman–Crippen MR) is 86.5 cm³/mol. The van der Waals surface area contributed by atoms with Crippen molar-refractivity contribution >= 4 is 13.2 Å². The summed E-state index contributed by atoms with van der Waals surface area (Å²) in [5.74, 6) is 0. The zero-order valence-electron chi connectivity index (χ0n) is 12.7. The van der Waals surface area contributed by atoms with Gasteiger partial charge in [0.2, 0.25) is 0 Å². The summed E-state index contributed by atoms with van der Waals surface area (Å²) in [7, 11) is -0.00236. The van der Waals surface area contributed by atoms with Crippen LogP contribution in [0, 0.1) is 6.92 Å². The van der Waals surface area contributed by atoms with Gasteiger partial charge in [-0.05, 0) is 36.4 Å². The first-order valence-corrected chi connectivity index (χ1v) is 8.93. The Kier molecular flexibility index (Phi) is 6.94. The van der Waals surface area contributed by atoms with Crippen LogP contribution in [0.4, 0.5) is 0 Å². The second kappa shape index (κ2) is 7.95. The Morgan fingerprint density at radius 2 is 1.33 bits per heavy atom. The largest absolute Gasteiger partial charge is 0.0695 e. The van der Waals surface area contributed by atoms with E-state index in [9.17, 15) is 0 Å². The Balaban J connectivity index is 2.91. The molecule has 0 spiro atoms. The topological polar surface area (TPSA) is 0 Å². The number of hydrogen-bond acceptors (Lipinski definition) is 0. The molecule has 0 nitrogen and oxygen atoms in total. The van der Waals surface area contributed by atoms with Crippen LogP contribution >= 0.6 is 7.92 Å². The van der Waals surface area contributed by atoms with E-state index in [0.29, 0.717) is 0 Å². The van der Waals surface area contributed by atoms with Crippen molar-refractivity contribution in [3.8, 4) is 0 Å². The monoisotopic (exact) mass is 264 g/mol. The van der Waals surface area contributed by atoms with Gasteiger partial charge in [0.05, 0.1) is 0 Å². The highest BCUT2D eigenvalue weighted by atomic mass is 31.1. The second-order valence-electron chi connectivity index (χ2n) is 5.52. The van der Waals surface area contributed by atoms with Gasteiger partial charge in [0, 0.05) is 0 Å². The van der Waals surface area contributed by atoms with E-state index >= 15 is 0 Å². The van der Waals surface area contributed by atoms with Crippen LogP contribution in [0.5, 0.6) is 0 Å². The van der Waals surface area contributed by atoms with Crippen LogP contribution < -0.4 is 5.30 Å². The molecule has 0 N–H and O–H groups in total. The summed E-state index contributed by atoms with van der Waals surface area (Å²) in [6.45, 7) is 11.7. The second-order valence-corrected chi connectivity index (χ2v) is 8.61. The van der Waals surface area contributed by atoms with Gasteiger partial charge >= 0.3 is 0 Å². The molecule has 0 radical (unpaired) electrons. The zero-order chi connectivity index (χ0) is 13.5. The van der Waals surface area contributed by atoms with Crippen molar-refractivity contribution in [2.75, 3.05) is 0 Å². The van der Waals surface area contributed by atoms with Crippen molar-refractivity contribution in [1.29, 1.82) is 0 Å². The first-order valence-electron chi connectivity index (χ1n) is 7.45. The van der Waals surface area contributed by atoms with E-state index in [1.54, 1.807) is 5.30 Å². The van der Waals surface area contributed by atoms with Crippen LogP contribution in [0.2, 0.25) is 0 Å². The molecule has 0 aliphatic carbocycles. The molecule has 1 heteroatoms. The van der Waals surface area contributed by atoms with Gasteiger partial charge in [-0.1, -0.05) is 78.3 Å². The molecule has 0 heterocycles. The Morgan fingerprint density at radius 1 is 0.889 bits per heavy atom. The molecule has 0 aromatic heterocycles. The van der Waals surface area contributed by atoms with E-state index in [4.69, 9.17) is 0 Å². The lowest BCUT2D eigenvalue weighted by Gasteiger charge is -2.31. The number of hydrogen-bond donors (Lipinski definition) is 0. The van der Waals surface area contributed by atoms with E-state index in [1.165, 1.54) is 31.2 Å². The smallest absolute Gasteiger partial charge is 0.0195 e. The van der Waals surface area contributed by atoms with E-state index in [-0.39, 0.29) is 7.92 Å². The standard InChI is InChI=1S/C17H29P/c1-6-8-15(4)18(16(5)9-7-2)17-12-10-14(3)11-13-17/h10-13,15-16H,6-9H2,1-5H3. The first-order chi connectivity index (χ1) is 8.60. The van der Waals surface area contributed by atoms with E-state index in [2.05, 4.69) is 58.9 Å². The minimum absolute atomic E-state index is 0.00236. The highest BCUT2D eigenvalue weighted by Gasteiger charge is 2.23. The minimum Gasteiger partial charge on any atom is -0.0695 e. The lowest BCUT2D eigenvalue weighted by atomic mass is 10.2. The Bertz CT molecular complexity index is 316. The number of benzene rings is 1. The number of rotatable bonds is 7. The van der Waals surface area contributed by atoms with Crippen molar-refractivity contribution in [2.45, 2.75) is 71.6 Å². The van der Waals surface area contributed by atoms with Crippen molar-refractivity contribution in [3.63, 3.8) is 0 Å². The summed E-state index contributed by atoms with van der Waals surface area (Å²) in [5.41, 5.74) is 3.09. The SMILES string of the molecule is CCCC(C)P(c1ccc(C)cc1)C(C)CCC. The Hall–Kier alpha value is -0.350. The maximum Gasteiger partial charge on any atom is -0.0195 e. The molecule has 2 unspecified atom stereocenters. The van der Waals surface area contributed by atoms with Crippen LogP contribution in [-0.2, 0) is 0 Å². The van der Waals surface area contributed by atoms with Gasteiger partial charge in [0.1, 0.15) is 0 Å². The molecule has 1 aromatic rings. The molecule has 0 aliphatic heterocycles. The summed E-state index contributed by atoms with van der Waals surface area (Å²) >= 11 is 0. The fourth-order valence-electron chi connectivity index (χ4n) is 2.77. The summed E-state index contributed by atoms with van der Waals surface area (Å²) in [6.07, 6.45) is 5.36. The average molecular weight is 264 g/mol.